The SMILES string of the molecule is CC(C(=O)CC1CCOc2ccccc21)C1CC1. The van der Waals surface area contributed by atoms with E-state index in [1.54, 1.807) is 0 Å². The van der Waals surface area contributed by atoms with Gasteiger partial charge >= 0.3 is 0 Å². The lowest BCUT2D eigenvalue weighted by Gasteiger charge is -2.26. The van der Waals surface area contributed by atoms with E-state index in [4.69, 9.17) is 4.74 Å². The van der Waals surface area contributed by atoms with Crippen molar-refractivity contribution in [1.82, 2.24) is 0 Å². The first-order chi connectivity index (χ1) is 8.75. The van der Waals surface area contributed by atoms with Crippen molar-refractivity contribution in [2.75, 3.05) is 6.61 Å². The van der Waals surface area contributed by atoms with Crippen LogP contribution in [-0.2, 0) is 4.79 Å². The summed E-state index contributed by atoms with van der Waals surface area (Å²) in [5.41, 5.74) is 1.22. The number of hydrogen-bond donors (Lipinski definition) is 0. The van der Waals surface area contributed by atoms with Crippen LogP contribution in [0.15, 0.2) is 24.3 Å². The molecule has 0 amide bonds. The normalized spacial score (nSPS) is 23.9. The maximum absolute atomic E-state index is 12.3. The largest absolute Gasteiger partial charge is 0.493 e. The zero-order valence-electron chi connectivity index (χ0n) is 10.9. The van der Waals surface area contributed by atoms with Crippen molar-refractivity contribution >= 4 is 5.78 Å². The fraction of sp³-hybridized carbons (Fsp3) is 0.562. The first-order valence-electron chi connectivity index (χ1n) is 7.00. The number of Topliss-reactive ketones (excluding diaryl/α,β-unsaturated/α-hetero) is 1. The molecule has 2 heteroatoms. The molecular weight excluding hydrogens is 224 g/mol. The molecular formula is C16H20O2. The fourth-order valence-corrected chi connectivity index (χ4v) is 2.92. The highest BCUT2D eigenvalue weighted by Gasteiger charge is 2.34. The summed E-state index contributed by atoms with van der Waals surface area (Å²) in [4.78, 5) is 12.3. The van der Waals surface area contributed by atoms with Crippen molar-refractivity contribution in [3.8, 4) is 5.75 Å². The number of carbonyl (C=O) groups is 1. The average molecular weight is 244 g/mol. The van der Waals surface area contributed by atoms with Crippen LogP contribution in [0.2, 0.25) is 0 Å². The molecule has 2 unspecified atom stereocenters. The Bertz CT molecular complexity index is 448. The summed E-state index contributed by atoms with van der Waals surface area (Å²) >= 11 is 0. The molecule has 0 spiro atoms. The Labute approximate surface area is 108 Å². The number of benzene rings is 1. The lowest BCUT2D eigenvalue weighted by molar-refractivity contribution is -0.123. The molecule has 1 aliphatic heterocycles. The molecule has 0 saturated heterocycles. The number of carbonyl (C=O) groups excluding carboxylic acids is 1. The van der Waals surface area contributed by atoms with Crippen molar-refractivity contribution < 1.29 is 9.53 Å². The second-order valence-corrected chi connectivity index (χ2v) is 5.67. The second kappa shape index (κ2) is 4.75. The molecule has 2 nitrogen and oxygen atoms in total. The van der Waals surface area contributed by atoms with Gasteiger partial charge in [0.05, 0.1) is 6.61 Å². The van der Waals surface area contributed by atoms with Crippen LogP contribution in [0.4, 0.5) is 0 Å². The van der Waals surface area contributed by atoms with E-state index in [1.807, 2.05) is 18.2 Å². The molecule has 2 atom stereocenters. The Balaban J connectivity index is 1.72. The van der Waals surface area contributed by atoms with Gasteiger partial charge in [-0.15, -0.1) is 0 Å². The summed E-state index contributed by atoms with van der Waals surface area (Å²) in [6, 6.07) is 8.15. The van der Waals surface area contributed by atoms with Crippen LogP contribution >= 0.6 is 0 Å². The first-order valence-corrected chi connectivity index (χ1v) is 7.00. The van der Waals surface area contributed by atoms with Crippen LogP contribution in [0.1, 0.15) is 44.1 Å². The van der Waals surface area contributed by atoms with Crippen molar-refractivity contribution in [2.24, 2.45) is 11.8 Å². The number of para-hydroxylation sites is 1. The number of rotatable bonds is 4. The Morgan fingerprint density at radius 1 is 1.33 bits per heavy atom. The molecule has 18 heavy (non-hydrogen) atoms. The van der Waals surface area contributed by atoms with Crippen molar-refractivity contribution in [1.29, 1.82) is 0 Å². The van der Waals surface area contributed by atoms with Crippen LogP contribution in [0, 0.1) is 11.8 Å². The van der Waals surface area contributed by atoms with E-state index in [1.165, 1.54) is 18.4 Å². The summed E-state index contributed by atoms with van der Waals surface area (Å²) in [5, 5.41) is 0. The van der Waals surface area contributed by atoms with Gasteiger partial charge in [0.1, 0.15) is 11.5 Å². The lowest BCUT2D eigenvalue weighted by Crippen LogP contribution is -2.21. The second-order valence-electron chi connectivity index (χ2n) is 5.67. The zero-order valence-corrected chi connectivity index (χ0v) is 10.9. The van der Waals surface area contributed by atoms with Crippen LogP contribution in [-0.4, -0.2) is 12.4 Å². The molecule has 0 radical (unpaired) electrons. The highest BCUT2D eigenvalue weighted by atomic mass is 16.5. The standard InChI is InChI=1S/C16H20O2/c1-11(12-6-7-12)15(17)10-13-8-9-18-16-5-3-2-4-14(13)16/h2-5,11-13H,6-10H2,1H3. The van der Waals surface area contributed by atoms with Gasteiger partial charge in [0.2, 0.25) is 0 Å². The van der Waals surface area contributed by atoms with E-state index in [0.717, 1.165) is 18.8 Å². The minimum absolute atomic E-state index is 0.264. The molecule has 0 N–H and O–H groups in total. The van der Waals surface area contributed by atoms with Crippen LogP contribution in [0.5, 0.6) is 5.75 Å². The topological polar surface area (TPSA) is 26.3 Å². The molecule has 1 aromatic carbocycles. The molecule has 1 aliphatic carbocycles. The van der Waals surface area contributed by atoms with Crippen LogP contribution in [0.3, 0.4) is 0 Å². The van der Waals surface area contributed by atoms with Crippen LogP contribution in [0.25, 0.3) is 0 Å². The zero-order chi connectivity index (χ0) is 12.5. The maximum atomic E-state index is 12.3. The summed E-state index contributed by atoms with van der Waals surface area (Å²) in [6.07, 6.45) is 4.16. The summed E-state index contributed by atoms with van der Waals surface area (Å²) < 4.78 is 5.64. The predicted molar refractivity (Wildman–Crippen MR) is 70.8 cm³/mol. The number of fused-ring (bicyclic) bond motifs is 1. The Hall–Kier alpha value is -1.31. The van der Waals surface area contributed by atoms with Crippen molar-refractivity contribution in [2.45, 2.75) is 38.5 Å². The van der Waals surface area contributed by atoms with Gasteiger partial charge in [-0.1, -0.05) is 25.1 Å². The quantitative estimate of drug-likeness (QED) is 0.809. The summed E-state index contributed by atoms with van der Waals surface area (Å²) in [5.74, 6) is 2.72. The molecule has 1 fully saturated rings. The minimum atomic E-state index is 0.264. The van der Waals surface area contributed by atoms with Gasteiger partial charge in [-0.2, -0.15) is 0 Å². The number of ether oxygens (including phenoxy) is 1. The third kappa shape index (κ3) is 2.29. The number of hydrogen-bond acceptors (Lipinski definition) is 2. The number of ketones is 1. The smallest absolute Gasteiger partial charge is 0.136 e. The molecule has 96 valence electrons. The van der Waals surface area contributed by atoms with Crippen molar-refractivity contribution in [3.63, 3.8) is 0 Å². The van der Waals surface area contributed by atoms with Gasteiger partial charge in [0, 0.05) is 12.3 Å². The minimum Gasteiger partial charge on any atom is -0.493 e. The molecule has 1 saturated carbocycles. The molecule has 2 aliphatic rings. The highest BCUT2D eigenvalue weighted by Crippen LogP contribution is 2.40. The first kappa shape index (κ1) is 11.8. The van der Waals surface area contributed by atoms with E-state index >= 15 is 0 Å². The van der Waals surface area contributed by atoms with E-state index in [-0.39, 0.29) is 5.92 Å². The van der Waals surface area contributed by atoms with E-state index < -0.39 is 0 Å². The third-order valence-corrected chi connectivity index (χ3v) is 4.37. The van der Waals surface area contributed by atoms with Crippen LogP contribution < -0.4 is 4.74 Å². The van der Waals surface area contributed by atoms with Gasteiger partial charge in [0.25, 0.3) is 0 Å². The van der Waals surface area contributed by atoms with Gasteiger partial charge in [0.15, 0.2) is 0 Å². The maximum Gasteiger partial charge on any atom is 0.136 e. The Morgan fingerprint density at radius 3 is 2.89 bits per heavy atom. The Kier molecular flexibility index (Phi) is 3.11. The third-order valence-electron chi connectivity index (χ3n) is 4.37. The van der Waals surface area contributed by atoms with E-state index in [9.17, 15) is 4.79 Å². The van der Waals surface area contributed by atoms with Gasteiger partial charge in [-0.05, 0) is 42.7 Å². The Morgan fingerprint density at radius 2 is 2.11 bits per heavy atom. The van der Waals surface area contributed by atoms with Gasteiger partial charge in [-0.3, -0.25) is 4.79 Å². The van der Waals surface area contributed by atoms with Gasteiger partial charge in [-0.25, -0.2) is 0 Å². The summed E-state index contributed by atoms with van der Waals surface area (Å²) in [6.45, 7) is 2.85. The monoisotopic (exact) mass is 244 g/mol. The van der Waals surface area contributed by atoms with Gasteiger partial charge < -0.3 is 4.74 Å². The van der Waals surface area contributed by atoms with E-state index in [2.05, 4.69) is 13.0 Å². The van der Waals surface area contributed by atoms with E-state index in [0.29, 0.717) is 24.0 Å². The fourth-order valence-electron chi connectivity index (χ4n) is 2.92. The van der Waals surface area contributed by atoms with Crippen molar-refractivity contribution in [3.05, 3.63) is 29.8 Å². The molecule has 1 heterocycles. The molecule has 3 rings (SSSR count). The molecule has 1 aromatic rings. The summed E-state index contributed by atoms with van der Waals surface area (Å²) in [7, 11) is 0. The molecule has 0 aromatic heterocycles. The predicted octanol–water partition coefficient (Wildman–Crippen LogP) is 3.56. The molecule has 0 bridgehead atoms. The average Bonchev–Trinajstić information content (AvgIpc) is 3.22. The highest BCUT2D eigenvalue weighted by molar-refractivity contribution is 5.82. The lowest BCUT2D eigenvalue weighted by atomic mass is 9.85.